The molecule has 18 heavy (non-hydrogen) atoms. The summed E-state index contributed by atoms with van der Waals surface area (Å²) in [6, 6.07) is 0. The zero-order valence-corrected chi connectivity index (χ0v) is 13.1. The van der Waals surface area contributed by atoms with E-state index in [1.807, 2.05) is 0 Å². The number of esters is 1. The molecule has 1 atom stereocenters. The Labute approximate surface area is 113 Å². The first-order chi connectivity index (χ1) is 8.34. The van der Waals surface area contributed by atoms with Crippen LogP contribution in [0.2, 0.25) is 0 Å². The highest BCUT2D eigenvalue weighted by atomic mass is 16.5. The van der Waals surface area contributed by atoms with Crippen molar-refractivity contribution in [3.05, 3.63) is 0 Å². The number of carbonyl (C=O) groups excluding carboxylic acids is 1. The lowest BCUT2D eigenvalue weighted by molar-refractivity contribution is -0.141. The Kier molecular flexibility index (Phi) is 9.13. The molecule has 0 N–H and O–H groups in total. The van der Waals surface area contributed by atoms with Gasteiger partial charge in [-0.3, -0.25) is 4.79 Å². The van der Waals surface area contributed by atoms with Gasteiger partial charge in [0, 0.05) is 6.92 Å². The van der Waals surface area contributed by atoms with Gasteiger partial charge in [0.15, 0.2) is 0 Å². The fraction of sp³-hybridized carbons (Fsp3) is 0.938. The van der Waals surface area contributed by atoms with Crippen LogP contribution in [0.1, 0.15) is 79.6 Å². The second-order valence-electron chi connectivity index (χ2n) is 6.52. The van der Waals surface area contributed by atoms with Crippen LogP contribution < -0.4 is 0 Å². The lowest BCUT2D eigenvalue weighted by atomic mass is 9.79. The van der Waals surface area contributed by atoms with Gasteiger partial charge in [-0.15, -0.1) is 0 Å². The Balaban J connectivity index is 3.24. The lowest BCUT2D eigenvalue weighted by Gasteiger charge is -2.27. The summed E-state index contributed by atoms with van der Waals surface area (Å²) in [6.45, 7) is 11.4. The van der Waals surface area contributed by atoms with E-state index in [1.54, 1.807) is 0 Å². The van der Waals surface area contributed by atoms with E-state index in [9.17, 15) is 4.79 Å². The first kappa shape index (κ1) is 17.5. The predicted octanol–water partition coefficient (Wildman–Crippen LogP) is 4.96. The van der Waals surface area contributed by atoms with Crippen molar-refractivity contribution in [2.45, 2.75) is 79.6 Å². The van der Waals surface area contributed by atoms with Crippen molar-refractivity contribution < 1.29 is 9.53 Å². The molecule has 0 amide bonds. The van der Waals surface area contributed by atoms with Gasteiger partial charge in [-0.2, -0.15) is 0 Å². The molecule has 0 bridgehead atoms. The minimum absolute atomic E-state index is 0.161. The molecule has 0 aromatic carbocycles. The summed E-state index contributed by atoms with van der Waals surface area (Å²) in [7, 11) is 0. The third-order valence-corrected chi connectivity index (χ3v) is 3.82. The molecule has 0 rings (SSSR count). The SMILES string of the molecule is CC(=O)OCCCCCCCCC(C)C(C)(C)C. The topological polar surface area (TPSA) is 26.3 Å². The van der Waals surface area contributed by atoms with Crippen LogP contribution in [-0.2, 0) is 9.53 Å². The highest BCUT2D eigenvalue weighted by molar-refractivity contribution is 5.65. The van der Waals surface area contributed by atoms with Gasteiger partial charge in [0.2, 0.25) is 0 Å². The van der Waals surface area contributed by atoms with E-state index in [4.69, 9.17) is 4.74 Å². The Hall–Kier alpha value is -0.530. The molecule has 0 spiro atoms. The van der Waals surface area contributed by atoms with Crippen LogP contribution in [0.4, 0.5) is 0 Å². The maximum atomic E-state index is 10.5. The summed E-state index contributed by atoms with van der Waals surface area (Å²) in [5.74, 6) is 0.646. The number of hydrogen-bond acceptors (Lipinski definition) is 2. The molecule has 2 heteroatoms. The van der Waals surface area contributed by atoms with Gasteiger partial charge < -0.3 is 4.74 Å². The van der Waals surface area contributed by atoms with E-state index in [1.165, 1.54) is 45.4 Å². The van der Waals surface area contributed by atoms with Crippen molar-refractivity contribution in [3.63, 3.8) is 0 Å². The van der Waals surface area contributed by atoms with Crippen molar-refractivity contribution in [1.29, 1.82) is 0 Å². The summed E-state index contributed by atoms with van der Waals surface area (Å²) in [5, 5.41) is 0. The van der Waals surface area contributed by atoms with Gasteiger partial charge >= 0.3 is 5.97 Å². The number of hydrogen-bond donors (Lipinski definition) is 0. The fourth-order valence-corrected chi connectivity index (χ4v) is 1.91. The van der Waals surface area contributed by atoms with Crippen LogP contribution in [-0.4, -0.2) is 12.6 Å². The van der Waals surface area contributed by atoms with Crippen LogP contribution >= 0.6 is 0 Å². The Morgan fingerprint density at radius 3 is 2.00 bits per heavy atom. The highest BCUT2D eigenvalue weighted by Crippen LogP contribution is 2.29. The molecule has 108 valence electrons. The molecule has 0 saturated carbocycles. The van der Waals surface area contributed by atoms with Crippen LogP contribution in [0.5, 0.6) is 0 Å². The number of carbonyl (C=O) groups is 1. The van der Waals surface area contributed by atoms with E-state index in [0.717, 1.165) is 12.3 Å². The lowest BCUT2D eigenvalue weighted by Crippen LogP contribution is -2.16. The fourth-order valence-electron chi connectivity index (χ4n) is 1.91. The Morgan fingerprint density at radius 2 is 1.50 bits per heavy atom. The molecule has 0 fully saturated rings. The molecule has 0 heterocycles. The Bertz CT molecular complexity index is 216. The summed E-state index contributed by atoms with van der Waals surface area (Å²) in [5.41, 5.74) is 0.448. The van der Waals surface area contributed by atoms with Crippen molar-refractivity contribution in [2.75, 3.05) is 6.61 Å². The summed E-state index contributed by atoms with van der Waals surface area (Å²) >= 11 is 0. The summed E-state index contributed by atoms with van der Waals surface area (Å²) in [6.07, 6.45) is 8.81. The van der Waals surface area contributed by atoms with Crippen molar-refractivity contribution in [1.82, 2.24) is 0 Å². The number of unbranched alkanes of at least 4 members (excludes halogenated alkanes) is 5. The average Bonchev–Trinajstić information content (AvgIpc) is 2.24. The van der Waals surface area contributed by atoms with E-state index < -0.39 is 0 Å². The van der Waals surface area contributed by atoms with Gasteiger partial charge in [-0.05, 0) is 17.8 Å². The molecule has 0 aliphatic heterocycles. The monoisotopic (exact) mass is 256 g/mol. The standard InChI is InChI=1S/C16H32O2/c1-14(16(3,4)5)12-10-8-6-7-9-11-13-18-15(2)17/h14H,6-13H2,1-5H3. The molecule has 2 nitrogen and oxygen atoms in total. The van der Waals surface area contributed by atoms with E-state index in [0.29, 0.717) is 12.0 Å². The van der Waals surface area contributed by atoms with E-state index >= 15 is 0 Å². The van der Waals surface area contributed by atoms with Crippen molar-refractivity contribution >= 4 is 5.97 Å². The van der Waals surface area contributed by atoms with Gasteiger partial charge in [-0.25, -0.2) is 0 Å². The average molecular weight is 256 g/mol. The summed E-state index contributed by atoms with van der Waals surface area (Å²) in [4.78, 5) is 10.5. The maximum Gasteiger partial charge on any atom is 0.302 e. The van der Waals surface area contributed by atoms with Gasteiger partial charge in [-0.1, -0.05) is 66.2 Å². The zero-order chi connectivity index (χ0) is 14.0. The Morgan fingerprint density at radius 1 is 1.00 bits per heavy atom. The van der Waals surface area contributed by atoms with Gasteiger partial charge in [0.05, 0.1) is 6.61 Å². The normalized spacial score (nSPS) is 13.4. The zero-order valence-electron chi connectivity index (χ0n) is 13.1. The van der Waals surface area contributed by atoms with Gasteiger partial charge in [0.1, 0.15) is 0 Å². The smallest absolute Gasteiger partial charge is 0.302 e. The minimum atomic E-state index is -0.161. The van der Waals surface area contributed by atoms with Gasteiger partial charge in [0.25, 0.3) is 0 Å². The molecule has 0 saturated heterocycles. The first-order valence-corrected chi connectivity index (χ1v) is 7.47. The van der Waals surface area contributed by atoms with E-state index in [2.05, 4.69) is 27.7 Å². The third kappa shape index (κ3) is 10.6. The quantitative estimate of drug-likeness (QED) is 0.430. The van der Waals surface area contributed by atoms with Crippen LogP contribution in [0, 0.1) is 11.3 Å². The largest absolute Gasteiger partial charge is 0.466 e. The maximum absolute atomic E-state index is 10.5. The first-order valence-electron chi connectivity index (χ1n) is 7.47. The number of rotatable bonds is 9. The predicted molar refractivity (Wildman–Crippen MR) is 77.6 cm³/mol. The van der Waals surface area contributed by atoms with E-state index in [-0.39, 0.29) is 5.97 Å². The molecule has 0 aromatic heterocycles. The van der Waals surface area contributed by atoms with Crippen LogP contribution in [0.3, 0.4) is 0 Å². The molecule has 0 aromatic rings. The van der Waals surface area contributed by atoms with Crippen molar-refractivity contribution in [2.24, 2.45) is 11.3 Å². The van der Waals surface area contributed by atoms with Crippen LogP contribution in [0.15, 0.2) is 0 Å². The molecule has 0 aliphatic carbocycles. The third-order valence-electron chi connectivity index (χ3n) is 3.82. The second kappa shape index (κ2) is 9.41. The molecule has 1 unspecified atom stereocenters. The molecule has 0 radical (unpaired) electrons. The van der Waals surface area contributed by atoms with Crippen molar-refractivity contribution in [3.8, 4) is 0 Å². The highest BCUT2D eigenvalue weighted by Gasteiger charge is 2.18. The number of ether oxygens (including phenoxy) is 1. The summed E-state index contributed by atoms with van der Waals surface area (Å²) < 4.78 is 4.90. The molecular formula is C16H32O2. The molecular weight excluding hydrogens is 224 g/mol. The second-order valence-corrected chi connectivity index (χ2v) is 6.52. The van der Waals surface area contributed by atoms with Crippen LogP contribution in [0.25, 0.3) is 0 Å². The molecule has 0 aliphatic rings. The minimum Gasteiger partial charge on any atom is -0.466 e.